The molecule has 0 N–H and O–H groups in total. The summed E-state index contributed by atoms with van der Waals surface area (Å²) in [5.41, 5.74) is 0. The highest BCUT2D eigenvalue weighted by Crippen LogP contribution is 2.18. The molecule has 6 nitrogen and oxygen atoms in total. The Morgan fingerprint density at radius 1 is 0.288 bits per heavy atom. The van der Waals surface area contributed by atoms with E-state index in [9.17, 15) is 14.4 Å². The van der Waals surface area contributed by atoms with Crippen LogP contribution in [0, 0.1) is 0 Å². The van der Waals surface area contributed by atoms with Crippen LogP contribution in [0.25, 0.3) is 0 Å². The first-order chi connectivity index (χ1) is 36.0. The smallest absolute Gasteiger partial charge is 0.306 e. The zero-order chi connectivity index (χ0) is 52.9. The lowest BCUT2D eigenvalue weighted by Crippen LogP contribution is -2.30. The minimum Gasteiger partial charge on any atom is -0.462 e. The first-order valence-corrected chi connectivity index (χ1v) is 32.1. The lowest BCUT2D eigenvalue weighted by Gasteiger charge is -2.18. The normalized spacial score (nSPS) is 12.3. The average Bonchev–Trinajstić information content (AvgIpc) is 3.39. The highest BCUT2D eigenvalue weighted by Gasteiger charge is 2.19. The summed E-state index contributed by atoms with van der Waals surface area (Å²) in [6.45, 7) is 6.53. The molecule has 0 heterocycles. The second kappa shape index (κ2) is 61.9. The maximum absolute atomic E-state index is 12.9. The summed E-state index contributed by atoms with van der Waals surface area (Å²) in [7, 11) is 0. The quantitative estimate of drug-likeness (QED) is 0.0261. The summed E-state index contributed by atoms with van der Waals surface area (Å²) in [5, 5.41) is 0. The van der Waals surface area contributed by atoms with Gasteiger partial charge < -0.3 is 14.2 Å². The molecule has 0 aromatic carbocycles. The third kappa shape index (κ3) is 60.1. The molecule has 0 bridgehead atoms. The third-order valence-electron chi connectivity index (χ3n) is 14.3. The van der Waals surface area contributed by atoms with Gasteiger partial charge in [-0.1, -0.05) is 301 Å². The van der Waals surface area contributed by atoms with Crippen LogP contribution in [-0.2, 0) is 28.6 Å². The number of hydrogen-bond donors (Lipinski definition) is 0. The van der Waals surface area contributed by atoms with E-state index in [4.69, 9.17) is 14.2 Å². The maximum atomic E-state index is 12.9. The van der Waals surface area contributed by atoms with Gasteiger partial charge in [-0.15, -0.1) is 0 Å². The molecule has 6 heteroatoms. The number of allylic oxidation sites excluding steroid dienone is 8. The molecule has 1 atom stereocenters. The van der Waals surface area contributed by atoms with E-state index >= 15 is 0 Å². The SMILES string of the molecule is CC/C=C\C/C=C\C/C=C\CCCCCCCCCC(=O)OC(COC(=O)CCCCCCC/C=C\CCCC)COC(=O)CCCCCCCCCCCCCCCCCCCCCCCCCCCCC. The maximum Gasteiger partial charge on any atom is 0.306 e. The molecule has 0 amide bonds. The van der Waals surface area contributed by atoms with Crippen LogP contribution >= 0.6 is 0 Å². The predicted octanol–water partition coefficient (Wildman–Crippen LogP) is 21.8. The zero-order valence-electron chi connectivity index (χ0n) is 48.9. The Morgan fingerprint density at radius 3 is 0.890 bits per heavy atom. The van der Waals surface area contributed by atoms with E-state index in [0.717, 1.165) is 89.9 Å². The molecule has 0 spiro atoms. The average molecular weight is 1020 g/mol. The van der Waals surface area contributed by atoms with Crippen molar-refractivity contribution in [2.24, 2.45) is 0 Å². The van der Waals surface area contributed by atoms with Gasteiger partial charge in [-0.3, -0.25) is 14.4 Å². The summed E-state index contributed by atoms with van der Waals surface area (Å²) >= 11 is 0. The molecule has 73 heavy (non-hydrogen) atoms. The summed E-state index contributed by atoms with van der Waals surface area (Å²) in [4.78, 5) is 38.2. The van der Waals surface area contributed by atoms with Gasteiger partial charge in [0.1, 0.15) is 13.2 Å². The molecular formula is C67H122O6. The van der Waals surface area contributed by atoms with Crippen molar-refractivity contribution in [3.05, 3.63) is 48.6 Å². The Kier molecular flexibility index (Phi) is 59.7. The fourth-order valence-corrected chi connectivity index (χ4v) is 9.50. The van der Waals surface area contributed by atoms with Crippen molar-refractivity contribution >= 4 is 17.9 Å². The number of carbonyl (C=O) groups is 3. The van der Waals surface area contributed by atoms with E-state index < -0.39 is 6.10 Å². The topological polar surface area (TPSA) is 78.9 Å². The molecule has 0 radical (unpaired) electrons. The number of unbranched alkanes of at least 4 members (excludes halogenated alkanes) is 40. The Morgan fingerprint density at radius 2 is 0.548 bits per heavy atom. The van der Waals surface area contributed by atoms with Gasteiger partial charge in [0.15, 0.2) is 6.10 Å². The van der Waals surface area contributed by atoms with Crippen LogP contribution in [0.4, 0.5) is 0 Å². The number of esters is 3. The largest absolute Gasteiger partial charge is 0.462 e. The molecule has 0 aromatic rings. The fourth-order valence-electron chi connectivity index (χ4n) is 9.50. The van der Waals surface area contributed by atoms with Crippen molar-refractivity contribution in [2.75, 3.05) is 13.2 Å². The van der Waals surface area contributed by atoms with Gasteiger partial charge in [-0.25, -0.2) is 0 Å². The fraction of sp³-hybridized carbons (Fsp3) is 0.836. The molecule has 426 valence electrons. The van der Waals surface area contributed by atoms with Gasteiger partial charge in [0.25, 0.3) is 0 Å². The molecule has 0 aliphatic rings. The van der Waals surface area contributed by atoms with E-state index in [2.05, 4.69) is 69.4 Å². The summed E-state index contributed by atoms with van der Waals surface area (Å²) < 4.78 is 16.9. The molecule has 1 unspecified atom stereocenters. The van der Waals surface area contributed by atoms with Gasteiger partial charge in [-0.05, 0) is 70.6 Å². The minimum absolute atomic E-state index is 0.0766. The first kappa shape index (κ1) is 70.4. The lowest BCUT2D eigenvalue weighted by molar-refractivity contribution is -0.167. The lowest BCUT2D eigenvalue weighted by atomic mass is 10.0. The van der Waals surface area contributed by atoms with Crippen LogP contribution in [0.1, 0.15) is 342 Å². The molecule has 0 rings (SSSR count). The molecule has 0 aromatic heterocycles. The molecule has 0 fully saturated rings. The number of rotatable bonds is 59. The van der Waals surface area contributed by atoms with Gasteiger partial charge >= 0.3 is 17.9 Å². The van der Waals surface area contributed by atoms with Crippen LogP contribution in [0.3, 0.4) is 0 Å². The van der Waals surface area contributed by atoms with Crippen molar-refractivity contribution < 1.29 is 28.6 Å². The van der Waals surface area contributed by atoms with Crippen LogP contribution in [0.15, 0.2) is 48.6 Å². The minimum atomic E-state index is -0.780. The van der Waals surface area contributed by atoms with Crippen molar-refractivity contribution in [3.8, 4) is 0 Å². The predicted molar refractivity (Wildman–Crippen MR) is 316 cm³/mol. The second-order valence-electron chi connectivity index (χ2n) is 21.6. The van der Waals surface area contributed by atoms with Crippen molar-refractivity contribution in [1.82, 2.24) is 0 Å². The molecule has 0 saturated heterocycles. The number of hydrogen-bond acceptors (Lipinski definition) is 6. The highest BCUT2D eigenvalue weighted by atomic mass is 16.6. The summed E-state index contributed by atoms with van der Waals surface area (Å²) in [5.74, 6) is -0.879. The van der Waals surface area contributed by atoms with Crippen LogP contribution in [0.2, 0.25) is 0 Å². The highest BCUT2D eigenvalue weighted by molar-refractivity contribution is 5.71. The Bertz CT molecular complexity index is 1270. The van der Waals surface area contributed by atoms with Crippen LogP contribution in [-0.4, -0.2) is 37.2 Å². The van der Waals surface area contributed by atoms with E-state index in [-0.39, 0.29) is 31.1 Å². The molecular weight excluding hydrogens is 901 g/mol. The van der Waals surface area contributed by atoms with Crippen LogP contribution < -0.4 is 0 Å². The Hall–Kier alpha value is -2.63. The molecule has 0 aliphatic carbocycles. The van der Waals surface area contributed by atoms with Crippen molar-refractivity contribution in [3.63, 3.8) is 0 Å². The van der Waals surface area contributed by atoms with Gasteiger partial charge in [0.2, 0.25) is 0 Å². The first-order valence-electron chi connectivity index (χ1n) is 32.1. The Balaban J connectivity index is 4.17. The standard InChI is InChI=1S/C67H122O6/c1-4-7-10-13-16-19-22-24-26-28-29-30-31-32-33-34-35-36-37-39-40-42-45-48-51-54-57-60-66(69)72-63-64(62-71-65(68)59-56-53-50-47-44-21-18-15-12-9-6-3)73-67(70)61-58-55-52-49-46-43-41-38-27-25-23-20-17-14-11-8-5-2/h8,11,15,17-18,20,25,27,64H,4-7,9-10,12-14,16,19,21-24,26,28-63H2,1-3H3/b11-8-,18-15-,20-17-,27-25-. The summed E-state index contributed by atoms with van der Waals surface area (Å²) in [6.07, 6.45) is 77.1. The van der Waals surface area contributed by atoms with E-state index in [1.807, 2.05) is 0 Å². The van der Waals surface area contributed by atoms with Crippen LogP contribution in [0.5, 0.6) is 0 Å². The number of carbonyl (C=O) groups excluding carboxylic acids is 3. The third-order valence-corrected chi connectivity index (χ3v) is 14.3. The second-order valence-corrected chi connectivity index (χ2v) is 21.6. The number of ether oxygens (including phenoxy) is 3. The van der Waals surface area contributed by atoms with Gasteiger partial charge in [0.05, 0.1) is 0 Å². The van der Waals surface area contributed by atoms with Crippen molar-refractivity contribution in [1.29, 1.82) is 0 Å². The van der Waals surface area contributed by atoms with E-state index in [1.54, 1.807) is 0 Å². The monoisotopic (exact) mass is 1020 g/mol. The molecule has 0 saturated carbocycles. The van der Waals surface area contributed by atoms with E-state index in [0.29, 0.717) is 19.3 Å². The van der Waals surface area contributed by atoms with Gasteiger partial charge in [0, 0.05) is 19.3 Å². The van der Waals surface area contributed by atoms with E-state index in [1.165, 1.54) is 212 Å². The summed E-state index contributed by atoms with van der Waals surface area (Å²) in [6, 6.07) is 0. The van der Waals surface area contributed by atoms with Gasteiger partial charge in [-0.2, -0.15) is 0 Å². The van der Waals surface area contributed by atoms with Crippen molar-refractivity contribution in [2.45, 2.75) is 348 Å². The zero-order valence-corrected chi connectivity index (χ0v) is 48.9. The molecule has 0 aliphatic heterocycles. The Labute approximate surface area is 454 Å².